The van der Waals surface area contributed by atoms with Crippen molar-refractivity contribution in [2.24, 2.45) is 10.9 Å². The summed E-state index contributed by atoms with van der Waals surface area (Å²) in [5, 5.41) is 6.95. The zero-order valence-corrected chi connectivity index (χ0v) is 20.2. The van der Waals surface area contributed by atoms with E-state index < -0.39 is 0 Å². The van der Waals surface area contributed by atoms with Crippen molar-refractivity contribution in [1.82, 2.24) is 15.5 Å². The Balaban J connectivity index is 1.56. The SMILES string of the molecule is CCNC(=NCc1cccc(OC)c1OC1CCCC1)NCC1CCN(CCOC)CC1. The molecule has 1 heterocycles. The maximum atomic E-state index is 6.37. The van der Waals surface area contributed by atoms with Crippen LogP contribution in [0.3, 0.4) is 0 Å². The quantitative estimate of drug-likeness (QED) is 0.401. The normalized spacial score (nSPS) is 18.7. The van der Waals surface area contributed by atoms with Gasteiger partial charge in [-0.25, -0.2) is 4.99 Å². The number of nitrogens with one attached hydrogen (secondary N) is 2. The van der Waals surface area contributed by atoms with Gasteiger partial charge in [-0.15, -0.1) is 0 Å². The lowest BCUT2D eigenvalue weighted by atomic mass is 9.97. The van der Waals surface area contributed by atoms with Gasteiger partial charge in [0.1, 0.15) is 0 Å². The number of rotatable bonds is 11. The summed E-state index contributed by atoms with van der Waals surface area (Å²) >= 11 is 0. The number of aliphatic imine (C=N–C) groups is 1. The van der Waals surface area contributed by atoms with E-state index >= 15 is 0 Å². The molecule has 1 aliphatic carbocycles. The van der Waals surface area contributed by atoms with Crippen LogP contribution in [0.2, 0.25) is 0 Å². The minimum absolute atomic E-state index is 0.287. The lowest BCUT2D eigenvalue weighted by Gasteiger charge is -2.32. The van der Waals surface area contributed by atoms with Gasteiger partial charge in [0, 0.05) is 32.3 Å². The van der Waals surface area contributed by atoms with Crippen LogP contribution in [0.5, 0.6) is 11.5 Å². The Morgan fingerprint density at radius 2 is 1.88 bits per heavy atom. The zero-order valence-electron chi connectivity index (χ0n) is 20.2. The minimum Gasteiger partial charge on any atom is -0.493 e. The second-order valence-electron chi connectivity index (χ2n) is 8.83. The van der Waals surface area contributed by atoms with E-state index in [-0.39, 0.29) is 6.10 Å². The second-order valence-corrected chi connectivity index (χ2v) is 8.83. The van der Waals surface area contributed by atoms with Crippen LogP contribution in [0.4, 0.5) is 0 Å². The van der Waals surface area contributed by atoms with E-state index in [0.29, 0.717) is 12.5 Å². The van der Waals surface area contributed by atoms with Gasteiger partial charge in [-0.3, -0.25) is 0 Å². The fraction of sp³-hybridized carbons (Fsp3) is 0.720. The van der Waals surface area contributed by atoms with Crippen LogP contribution in [0.25, 0.3) is 0 Å². The average Bonchev–Trinajstić information content (AvgIpc) is 3.34. The molecule has 0 amide bonds. The predicted octanol–water partition coefficient (Wildman–Crippen LogP) is 3.43. The first kappa shape index (κ1) is 24.6. The molecule has 0 aromatic heterocycles. The smallest absolute Gasteiger partial charge is 0.191 e. The van der Waals surface area contributed by atoms with Gasteiger partial charge in [-0.1, -0.05) is 12.1 Å². The van der Waals surface area contributed by atoms with E-state index in [9.17, 15) is 0 Å². The summed E-state index contributed by atoms with van der Waals surface area (Å²) < 4.78 is 17.2. The summed E-state index contributed by atoms with van der Waals surface area (Å²) in [7, 11) is 3.48. The highest BCUT2D eigenvalue weighted by atomic mass is 16.5. The van der Waals surface area contributed by atoms with E-state index in [4.69, 9.17) is 19.2 Å². The molecular formula is C25H42N4O3. The largest absolute Gasteiger partial charge is 0.493 e. The van der Waals surface area contributed by atoms with E-state index in [1.807, 2.05) is 12.1 Å². The van der Waals surface area contributed by atoms with E-state index in [1.165, 1.54) is 25.7 Å². The topological polar surface area (TPSA) is 67.4 Å². The molecule has 7 nitrogen and oxygen atoms in total. The van der Waals surface area contributed by atoms with Crippen molar-refractivity contribution in [3.8, 4) is 11.5 Å². The predicted molar refractivity (Wildman–Crippen MR) is 130 cm³/mol. The number of hydrogen-bond acceptors (Lipinski definition) is 5. The Morgan fingerprint density at radius 3 is 2.56 bits per heavy atom. The van der Waals surface area contributed by atoms with Crippen LogP contribution in [0.1, 0.15) is 51.0 Å². The molecule has 2 N–H and O–H groups in total. The number of ether oxygens (including phenoxy) is 3. The number of piperidine rings is 1. The average molecular weight is 447 g/mol. The van der Waals surface area contributed by atoms with Crippen LogP contribution in [0, 0.1) is 5.92 Å². The number of nitrogens with zero attached hydrogens (tertiary/aromatic N) is 2. The van der Waals surface area contributed by atoms with Gasteiger partial charge in [0.05, 0.1) is 26.4 Å². The molecule has 0 bridgehead atoms. The van der Waals surface area contributed by atoms with Gasteiger partial charge in [-0.2, -0.15) is 0 Å². The second kappa shape index (κ2) is 13.5. The van der Waals surface area contributed by atoms with Gasteiger partial charge in [-0.05, 0) is 70.5 Å². The molecule has 1 saturated heterocycles. The number of methoxy groups -OCH3 is 2. The Kier molecular flexibility index (Phi) is 10.4. The zero-order chi connectivity index (χ0) is 22.6. The molecule has 1 aromatic carbocycles. The Morgan fingerprint density at radius 1 is 1.09 bits per heavy atom. The number of benzene rings is 1. The standard InChI is InChI=1S/C25H42N4O3/c1-4-26-25(27-18-20-12-14-29(15-13-20)16-17-30-2)28-19-21-8-7-11-23(31-3)24(21)32-22-9-5-6-10-22/h7-8,11,20,22H,4-6,9-10,12-19H2,1-3H3,(H2,26,27,28). The van der Waals surface area contributed by atoms with Crippen LogP contribution in [0.15, 0.2) is 23.2 Å². The summed E-state index contributed by atoms with van der Waals surface area (Å²) in [4.78, 5) is 7.36. The molecule has 7 heteroatoms. The van der Waals surface area contributed by atoms with Gasteiger partial charge in [0.15, 0.2) is 17.5 Å². The summed E-state index contributed by atoms with van der Waals surface area (Å²) in [5.41, 5.74) is 1.07. The van der Waals surface area contributed by atoms with Crippen molar-refractivity contribution in [2.75, 3.05) is 53.6 Å². The van der Waals surface area contributed by atoms with Crippen LogP contribution < -0.4 is 20.1 Å². The molecule has 32 heavy (non-hydrogen) atoms. The fourth-order valence-corrected chi connectivity index (χ4v) is 4.53. The van der Waals surface area contributed by atoms with Gasteiger partial charge in [0.25, 0.3) is 0 Å². The molecular weight excluding hydrogens is 404 g/mol. The third kappa shape index (κ3) is 7.55. The van der Waals surface area contributed by atoms with Crippen molar-refractivity contribution in [3.05, 3.63) is 23.8 Å². The Labute approximate surface area is 193 Å². The first-order valence-electron chi connectivity index (χ1n) is 12.3. The van der Waals surface area contributed by atoms with Gasteiger partial charge < -0.3 is 29.7 Å². The van der Waals surface area contributed by atoms with E-state index in [2.05, 4.69) is 28.5 Å². The number of likely N-dealkylation sites (tertiary alicyclic amines) is 1. The molecule has 2 aliphatic rings. The Hall–Kier alpha value is -1.99. The van der Waals surface area contributed by atoms with E-state index in [1.54, 1.807) is 14.2 Å². The van der Waals surface area contributed by atoms with Crippen molar-refractivity contribution in [2.45, 2.75) is 58.1 Å². The maximum Gasteiger partial charge on any atom is 0.191 e. The summed E-state index contributed by atoms with van der Waals surface area (Å²) in [6.07, 6.45) is 7.44. The maximum absolute atomic E-state index is 6.37. The Bertz CT molecular complexity index is 698. The highest BCUT2D eigenvalue weighted by Gasteiger charge is 2.21. The third-order valence-corrected chi connectivity index (χ3v) is 6.50. The third-order valence-electron chi connectivity index (χ3n) is 6.50. The monoisotopic (exact) mass is 446 g/mol. The van der Waals surface area contributed by atoms with Gasteiger partial charge in [0.2, 0.25) is 0 Å². The van der Waals surface area contributed by atoms with Crippen LogP contribution in [-0.2, 0) is 11.3 Å². The molecule has 180 valence electrons. The van der Waals surface area contributed by atoms with E-state index in [0.717, 1.165) is 75.2 Å². The molecule has 1 aliphatic heterocycles. The summed E-state index contributed by atoms with van der Waals surface area (Å²) in [6, 6.07) is 6.08. The van der Waals surface area contributed by atoms with Crippen LogP contribution in [-0.4, -0.2) is 70.5 Å². The van der Waals surface area contributed by atoms with Crippen molar-refractivity contribution < 1.29 is 14.2 Å². The molecule has 1 saturated carbocycles. The lowest BCUT2D eigenvalue weighted by molar-refractivity contribution is 0.121. The molecule has 1 aromatic rings. The van der Waals surface area contributed by atoms with Crippen molar-refractivity contribution in [3.63, 3.8) is 0 Å². The molecule has 0 spiro atoms. The first-order valence-corrected chi connectivity index (χ1v) is 12.3. The van der Waals surface area contributed by atoms with Crippen LogP contribution >= 0.6 is 0 Å². The van der Waals surface area contributed by atoms with Crippen molar-refractivity contribution >= 4 is 5.96 Å². The molecule has 2 fully saturated rings. The summed E-state index contributed by atoms with van der Waals surface area (Å²) in [6.45, 7) is 8.60. The first-order chi connectivity index (χ1) is 15.7. The lowest BCUT2D eigenvalue weighted by Crippen LogP contribution is -2.43. The highest BCUT2D eigenvalue weighted by Crippen LogP contribution is 2.35. The molecule has 0 radical (unpaired) electrons. The molecule has 3 rings (SSSR count). The molecule has 0 atom stereocenters. The minimum atomic E-state index is 0.287. The van der Waals surface area contributed by atoms with Gasteiger partial charge >= 0.3 is 0 Å². The number of guanidine groups is 1. The highest BCUT2D eigenvalue weighted by molar-refractivity contribution is 5.79. The molecule has 0 unspecified atom stereocenters. The van der Waals surface area contributed by atoms with Crippen molar-refractivity contribution in [1.29, 1.82) is 0 Å². The number of para-hydroxylation sites is 1. The fourth-order valence-electron chi connectivity index (χ4n) is 4.53. The summed E-state index contributed by atoms with van der Waals surface area (Å²) in [5.74, 6) is 3.19. The number of hydrogen-bond donors (Lipinski definition) is 2.